The van der Waals surface area contributed by atoms with Gasteiger partial charge in [0.15, 0.2) is 5.82 Å². The van der Waals surface area contributed by atoms with Gasteiger partial charge in [-0.1, -0.05) is 0 Å². The molecule has 60 valence electrons. The summed E-state index contributed by atoms with van der Waals surface area (Å²) in [5.41, 5.74) is -0.0453. The summed E-state index contributed by atoms with van der Waals surface area (Å²) in [7, 11) is 0. The molecule has 0 saturated heterocycles. The van der Waals surface area contributed by atoms with E-state index in [2.05, 4.69) is 10.2 Å². The zero-order chi connectivity index (χ0) is 8.48. The molecule has 0 fully saturated rings. The highest BCUT2D eigenvalue weighted by Gasteiger charge is 2.15. The van der Waals surface area contributed by atoms with Crippen molar-refractivity contribution < 1.29 is 0 Å². The van der Waals surface area contributed by atoms with Crippen LogP contribution in [0.15, 0.2) is 6.33 Å². The van der Waals surface area contributed by atoms with Crippen molar-refractivity contribution in [3.63, 3.8) is 0 Å². The van der Waals surface area contributed by atoms with Crippen LogP contribution in [0, 0.1) is 5.41 Å². The van der Waals surface area contributed by atoms with Crippen molar-refractivity contribution in [3.8, 4) is 0 Å². The van der Waals surface area contributed by atoms with Crippen LogP contribution in [0.2, 0.25) is 0 Å². The lowest BCUT2D eigenvalue weighted by Gasteiger charge is -2.20. The first-order valence-electron chi connectivity index (χ1n) is 3.46. The van der Waals surface area contributed by atoms with Crippen LogP contribution in [0.4, 0.5) is 0 Å². The molecule has 1 heterocycles. The number of rotatable bonds is 1. The highest BCUT2D eigenvalue weighted by molar-refractivity contribution is 5.71. The monoisotopic (exact) mass is 152 g/mol. The third-order valence-electron chi connectivity index (χ3n) is 1.43. The smallest absolute Gasteiger partial charge is 0.174 e. The number of nitrogens with one attached hydrogen (secondary N) is 1. The van der Waals surface area contributed by atoms with Crippen LogP contribution in [-0.4, -0.2) is 21.0 Å². The minimum absolute atomic E-state index is 0.0453. The van der Waals surface area contributed by atoms with E-state index in [0.717, 1.165) is 0 Å². The van der Waals surface area contributed by atoms with Crippen molar-refractivity contribution in [2.24, 2.45) is 0 Å². The maximum absolute atomic E-state index is 7.03. The topological polar surface area (TPSA) is 54.6 Å². The average molecular weight is 152 g/mol. The molecule has 0 atom stereocenters. The Morgan fingerprint density at radius 1 is 1.55 bits per heavy atom. The molecule has 0 aliphatic carbocycles. The van der Waals surface area contributed by atoms with E-state index in [1.54, 1.807) is 6.33 Å². The van der Waals surface area contributed by atoms with Gasteiger partial charge in [-0.25, -0.2) is 0 Å². The molecule has 0 aliphatic heterocycles. The lowest BCUT2D eigenvalue weighted by atomic mass is 10.1. The Morgan fingerprint density at radius 2 is 2.18 bits per heavy atom. The van der Waals surface area contributed by atoms with Gasteiger partial charge in [0.1, 0.15) is 6.33 Å². The quantitative estimate of drug-likeness (QED) is 0.611. The van der Waals surface area contributed by atoms with Crippen molar-refractivity contribution in [2.75, 3.05) is 0 Å². The molecule has 4 nitrogen and oxygen atoms in total. The van der Waals surface area contributed by atoms with Gasteiger partial charge in [0.2, 0.25) is 0 Å². The lowest BCUT2D eigenvalue weighted by Crippen LogP contribution is -2.23. The molecule has 1 N–H and O–H groups in total. The van der Waals surface area contributed by atoms with Crippen molar-refractivity contribution in [1.29, 1.82) is 5.41 Å². The first-order chi connectivity index (χ1) is 5.05. The summed E-state index contributed by atoms with van der Waals surface area (Å²) in [4.78, 5) is 0. The first-order valence-corrected chi connectivity index (χ1v) is 3.46. The standard InChI is InChI=1S/C7H12N4/c1-7(2,3)11-5-9-10-6(11)4-8/h4-5,8H,1-3H3. The zero-order valence-electron chi connectivity index (χ0n) is 7.00. The zero-order valence-corrected chi connectivity index (χ0v) is 7.00. The Kier molecular flexibility index (Phi) is 1.76. The fraction of sp³-hybridized carbons (Fsp3) is 0.571. The number of hydrogen-bond acceptors (Lipinski definition) is 3. The molecule has 11 heavy (non-hydrogen) atoms. The second-order valence-corrected chi connectivity index (χ2v) is 3.37. The third kappa shape index (κ3) is 1.45. The predicted molar refractivity (Wildman–Crippen MR) is 42.9 cm³/mol. The summed E-state index contributed by atoms with van der Waals surface area (Å²) in [5.74, 6) is 0.595. The Bertz CT molecular complexity index is 256. The summed E-state index contributed by atoms with van der Waals surface area (Å²) >= 11 is 0. The van der Waals surface area contributed by atoms with Crippen LogP contribution < -0.4 is 0 Å². The van der Waals surface area contributed by atoms with Gasteiger partial charge in [-0.05, 0) is 20.8 Å². The minimum Gasteiger partial charge on any atom is -0.307 e. The Morgan fingerprint density at radius 3 is 2.55 bits per heavy atom. The number of hydrogen-bond donors (Lipinski definition) is 1. The fourth-order valence-corrected chi connectivity index (χ4v) is 0.859. The van der Waals surface area contributed by atoms with E-state index in [1.165, 1.54) is 6.21 Å². The summed E-state index contributed by atoms with van der Waals surface area (Å²) < 4.78 is 1.86. The van der Waals surface area contributed by atoms with E-state index in [0.29, 0.717) is 5.82 Å². The van der Waals surface area contributed by atoms with Crippen molar-refractivity contribution >= 4 is 6.21 Å². The van der Waals surface area contributed by atoms with E-state index in [1.807, 2.05) is 25.3 Å². The van der Waals surface area contributed by atoms with Crippen molar-refractivity contribution in [3.05, 3.63) is 12.2 Å². The lowest BCUT2D eigenvalue weighted by molar-refractivity contribution is 0.393. The maximum Gasteiger partial charge on any atom is 0.174 e. The molecule has 0 spiro atoms. The van der Waals surface area contributed by atoms with Crippen LogP contribution in [0.1, 0.15) is 26.6 Å². The molecule has 1 aromatic rings. The Labute approximate surface area is 65.8 Å². The van der Waals surface area contributed by atoms with Gasteiger partial charge in [0.25, 0.3) is 0 Å². The fourth-order valence-electron chi connectivity index (χ4n) is 0.859. The highest BCUT2D eigenvalue weighted by Crippen LogP contribution is 2.13. The summed E-state index contributed by atoms with van der Waals surface area (Å²) in [6, 6.07) is 0. The third-order valence-corrected chi connectivity index (χ3v) is 1.43. The molecular formula is C7H12N4. The van der Waals surface area contributed by atoms with Crippen molar-refractivity contribution in [1.82, 2.24) is 14.8 Å². The van der Waals surface area contributed by atoms with Crippen LogP contribution >= 0.6 is 0 Å². The SMILES string of the molecule is CC(C)(C)n1cnnc1C=N. The van der Waals surface area contributed by atoms with Gasteiger partial charge < -0.3 is 9.98 Å². The molecule has 0 aromatic carbocycles. The molecule has 0 radical (unpaired) electrons. The summed E-state index contributed by atoms with van der Waals surface area (Å²) in [5, 5.41) is 14.5. The van der Waals surface area contributed by atoms with Crippen molar-refractivity contribution in [2.45, 2.75) is 26.3 Å². The molecule has 0 amide bonds. The van der Waals surface area contributed by atoms with Crippen LogP contribution in [0.25, 0.3) is 0 Å². The Hall–Kier alpha value is -1.19. The van der Waals surface area contributed by atoms with Crippen LogP contribution in [0.5, 0.6) is 0 Å². The molecule has 4 heteroatoms. The van der Waals surface area contributed by atoms with Gasteiger partial charge in [-0.15, -0.1) is 10.2 Å². The summed E-state index contributed by atoms with van der Waals surface area (Å²) in [6.45, 7) is 6.14. The van der Waals surface area contributed by atoms with E-state index < -0.39 is 0 Å². The molecule has 1 aromatic heterocycles. The molecule has 0 bridgehead atoms. The van der Waals surface area contributed by atoms with Gasteiger partial charge in [-0.3, -0.25) is 0 Å². The van der Waals surface area contributed by atoms with Gasteiger partial charge >= 0.3 is 0 Å². The van der Waals surface area contributed by atoms with E-state index in [9.17, 15) is 0 Å². The van der Waals surface area contributed by atoms with E-state index in [-0.39, 0.29) is 5.54 Å². The molecule has 0 aliphatic rings. The predicted octanol–water partition coefficient (Wildman–Crippen LogP) is 1.03. The second kappa shape index (κ2) is 2.45. The number of nitrogens with zero attached hydrogens (tertiary/aromatic N) is 3. The van der Waals surface area contributed by atoms with Gasteiger partial charge in [-0.2, -0.15) is 0 Å². The minimum atomic E-state index is -0.0453. The highest BCUT2D eigenvalue weighted by atomic mass is 15.3. The van der Waals surface area contributed by atoms with Crippen LogP contribution in [0.3, 0.4) is 0 Å². The largest absolute Gasteiger partial charge is 0.307 e. The van der Waals surface area contributed by atoms with E-state index in [4.69, 9.17) is 5.41 Å². The second-order valence-electron chi connectivity index (χ2n) is 3.37. The normalized spacial score (nSPS) is 11.5. The van der Waals surface area contributed by atoms with Crippen LogP contribution in [-0.2, 0) is 5.54 Å². The van der Waals surface area contributed by atoms with Gasteiger partial charge in [0.05, 0.1) is 6.21 Å². The molecular weight excluding hydrogens is 140 g/mol. The van der Waals surface area contributed by atoms with E-state index >= 15 is 0 Å². The molecule has 0 unspecified atom stereocenters. The first kappa shape index (κ1) is 7.91. The Balaban J connectivity index is 3.12. The molecule has 0 saturated carbocycles. The maximum atomic E-state index is 7.03. The molecule has 1 rings (SSSR count). The number of aromatic nitrogens is 3. The van der Waals surface area contributed by atoms with Gasteiger partial charge in [0, 0.05) is 5.54 Å². The summed E-state index contributed by atoms with van der Waals surface area (Å²) in [6.07, 6.45) is 2.85. The average Bonchev–Trinajstić information content (AvgIpc) is 2.31.